The van der Waals surface area contributed by atoms with Crippen LogP contribution in [0, 0.1) is 22.7 Å². The number of pyridine rings is 2. The van der Waals surface area contributed by atoms with Crippen molar-refractivity contribution >= 4 is 23.5 Å². The van der Waals surface area contributed by atoms with E-state index in [0.717, 1.165) is 90.7 Å². The van der Waals surface area contributed by atoms with Gasteiger partial charge >= 0.3 is 0 Å². The average molecular weight is 691 g/mol. The zero-order valence-corrected chi connectivity index (χ0v) is 29.4. The molecule has 246 valence electrons. The second-order valence-corrected chi connectivity index (χ2v) is 13.5. The Kier molecular flexibility index (Phi) is 11.5. The molecule has 6 aromatic rings. The van der Waals surface area contributed by atoms with E-state index in [-0.39, 0.29) is 0 Å². The molecule has 0 aliphatic heterocycles. The number of aromatic nitrogens is 2. The molecule has 8 heteroatoms. The summed E-state index contributed by atoms with van der Waals surface area (Å²) in [6.45, 7) is 0. The predicted molar refractivity (Wildman–Crippen MR) is 203 cm³/mol. The van der Waals surface area contributed by atoms with E-state index < -0.39 is 0 Å². The number of rotatable bonds is 13. The van der Waals surface area contributed by atoms with Gasteiger partial charge in [-0.2, -0.15) is 10.5 Å². The normalized spacial score (nSPS) is 10.6. The van der Waals surface area contributed by atoms with Crippen LogP contribution in [0.4, 0.5) is 0 Å². The second kappa shape index (κ2) is 16.7. The fraction of sp³-hybridized carbons (Fsp3) is 0.143. The van der Waals surface area contributed by atoms with E-state index in [1.807, 2.05) is 121 Å². The van der Waals surface area contributed by atoms with E-state index in [4.69, 9.17) is 19.4 Å². The molecule has 50 heavy (non-hydrogen) atoms. The van der Waals surface area contributed by atoms with Crippen molar-refractivity contribution in [3.05, 3.63) is 132 Å². The number of benzene rings is 4. The Bertz CT molecular complexity index is 1990. The van der Waals surface area contributed by atoms with Crippen LogP contribution in [0.5, 0.6) is 11.5 Å². The molecule has 4 aromatic carbocycles. The Labute approximate surface area is 301 Å². The van der Waals surface area contributed by atoms with Crippen LogP contribution in [0.3, 0.4) is 0 Å². The number of nitrogens with zero attached hydrogens (tertiary/aromatic N) is 4. The van der Waals surface area contributed by atoms with Crippen molar-refractivity contribution in [1.82, 2.24) is 9.97 Å². The van der Waals surface area contributed by atoms with E-state index in [1.165, 1.54) is 0 Å². The monoisotopic (exact) mass is 690 g/mol. The molecule has 0 bridgehead atoms. The molecular formula is C42H34N4O2S2. The molecule has 0 fully saturated rings. The third kappa shape index (κ3) is 8.01. The van der Waals surface area contributed by atoms with Gasteiger partial charge in [-0.1, -0.05) is 60.7 Å². The fourth-order valence-corrected chi connectivity index (χ4v) is 7.53. The number of thioether (sulfide) groups is 2. The molecule has 0 radical (unpaired) electrons. The molecule has 0 N–H and O–H groups in total. The summed E-state index contributed by atoms with van der Waals surface area (Å²) in [6, 6.07) is 44.5. The zero-order valence-electron chi connectivity index (χ0n) is 27.8. The van der Waals surface area contributed by atoms with Gasteiger partial charge in [0.05, 0.1) is 36.7 Å². The quantitative estimate of drug-likeness (QED) is 0.0873. The summed E-state index contributed by atoms with van der Waals surface area (Å²) in [5, 5.41) is 22.0. The van der Waals surface area contributed by atoms with Crippen LogP contribution in [0.2, 0.25) is 0 Å². The summed E-state index contributed by atoms with van der Waals surface area (Å²) >= 11 is 3.22. The number of methoxy groups -OCH3 is 2. The van der Waals surface area contributed by atoms with E-state index >= 15 is 0 Å². The average Bonchev–Trinajstić information content (AvgIpc) is 3.19. The lowest BCUT2D eigenvalue weighted by Crippen LogP contribution is -1.98. The molecule has 0 saturated carbocycles. The molecule has 0 atom stereocenters. The van der Waals surface area contributed by atoms with E-state index in [0.29, 0.717) is 11.1 Å². The maximum Gasteiger partial charge on any atom is 0.118 e. The van der Waals surface area contributed by atoms with Crippen LogP contribution in [-0.4, -0.2) is 35.7 Å². The van der Waals surface area contributed by atoms with Gasteiger partial charge in [0.15, 0.2) is 0 Å². The van der Waals surface area contributed by atoms with Gasteiger partial charge in [0.2, 0.25) is 0 Å². The lowest BCUT2D eigenvalue weighted by Gasteiger charge is -2.13. The minimum Gasteiger partial charge on any atom is -0.497 e. The van der Waals surface area contributed by atoms with Crippen molar-refractivity contribution in [3.63, 3.8) is 0 Å². The smallest absolute Gasteiger partial charge is 0.118 e. The van der Waals surface area contributed by atoms with E-state index in [1.54, 1.807) is 37.7 Å². The molecular weight excluding hydrogens is 657 g/mol. The van der Waals surface area contributed by atoms with Gasteiger partial charge in [0, 0.05) is 22.3 Å². The Morgan fingerprint density at radius 2 is 0.900 bits per heavy atom. The lowest BCUT2D eigenvalue weighted by atomic mass is 9.99. The molecule has 0 saturated heterocycles. The van der Waals surface area contributed by atoms with Crippen LogP contribution >= 0.6 is 23.5 Å². The Morgan fingerprint density at radius 3 is 1.24 bits per heavy atom. The topological polar surface area (TPSA) is 91.8 Å². The SMILES string of the molecule is COc1ccc(-c2cc(-c3ccccc3)c(C#N)c(SCCCCSc3nc(-c4ccc(OC)cc4)cc(-c4ccccc4)c3C#N)n2)cc1. The summed E-state index contributed by atoms with van der Waals surface area (Å²) in [5.74, 6) is 3.14. The Balaban J connectivity index is 1.20. The zero-order chi connectivity index (χ0) is 34.7. The highest BCUT2D eigenvalue weighted by atomic mass is 32.2. The van der Waals surface area contributed by atoms with Crippen molar-refractivity contribution in [1.29, 1.82) is 10.5 Å². The van der Waals surface area contributed by atoms with Gasteiger partial charge in [0.1, 0.15) is 33.7 Å². The number of nitriles is 2. The van der Waals surface area contributed by atoms with Crippen molar-refractivity contribution < 1.29 is 9.47 Å². The maximum atomic E-state index is 10.3. The first-order chi connectivity index (χ1) is 24.6. The number of ether oxygens (including phenoxy) is 2. The van der Waals surface area contributed by atoms with Crippen LogP contribution in [0.25, 0.3) is 44.8 Å². The summed E-state index contributed by atoms with van der Waals surface area (Å²) in [5.41, 5.74) is 8.39. The summed E-state index contributed by atoms with van der Waals surface area (Å²) in [7, 11) is 3.30. The molecule has 0 spiro atoms. The van der Waals surface area contributed by atoms with Crippen LogP contribution in [0.15, 0.2) is 131 Å². The number of hydrogen-bond acceptors (Lipinski definition) is 8. The van der Waals surface area contributed by atoms with E-state index in [2.05, 4.69) is 12.1 Å². The van der Waals surface area contributed by atoms with Gasteiger partial charge in [-0.25, -0.2) is 9.97 Å². The van der Waals surface area contributed by atoms with Crippen LogP contribution in [-0.2, 0) is 0 Å². The molecule has 0 amide bonds. The first-order valence-corrected chi connectivity index (χ1v) is 18.1. The van der Waals surface area contributed by atoms with Crippen molar-refractivity contribution in [3.8, 4) is 68.4 Å². The molecule has 0 unspecified atom stereocenters. The standard InChI is InChI=1S/C42H34N4O2S2/c1-47-33-19-15-31(16-20-33)39-25-35(29-11-5-3-6-12-29)37(27-43)41(45-39)49-23-9-10-24-50-42-38(28-44)36(30-13-7-4-8-14-30)26-40(46-42)32-17-21-34(48-2)22-18-32/h3-8,11-22,25-26H,9-10,23-24H2,1-2H3. The first kappa shape index (κ1) is 34.3. The van der Waals surface area contributed by atoms with Gasteiger partial charge in [-0.05, 0) is 96.1 Å². The minimum absolute atomic E-state index is 0.583. The summed E-state index contributed by atoms with van der Waals surface area (Å²) in [4.78, 5) is 9.94. The Morgan fingerprint density at radius 1 is 0.520 bits per heavy atom. The fourth-order valence-electron chi connectivity index (χ4n) is 5.52. The van der Waals surface area contributed by atoms with E-state index in [9.17, 15) is 10.5 Å². The largest absolute Gasteiger partial charge is 0.497 e. The predicted octanol–water partition coefficient (Wildman–Crippen LogP) is 10.6. The van der Waals surface area contributed by atoms with Crippen molar-refractivity contribution in [2.24, 2.45) is 0 Å². The highest BCUT2D eigenvalue weighted by Gasteiger charge is 2.18. The highest BCUT2D eigenvalue weighted by Crippen LogP contribution is 2.37. The summed E-state index contributed by atoms with van der Waals surface area (Å²) in [6.07, 6.45) is 1.81. The third-order valence-electron chi connectivity index (χ3n) is 8.15. The van der Waals surface area contributed by atoms with Gasteiger partial charge in [-0.15, -0.1) is 23.5 Å². The van der Waals surface area contributed by atoms with Gasteiger partial charge in [0.25, 0.3) is 0 Å². The summed E-state index contributed by atoms with van der Waals surface area (Å²) < 4.78 is 10.7. The second-order valence-electron chi connectivity index (χ2n) is 11.3. The van der Waals surface area contributed by atoms with Crippen LogP contribution in [0.1, 0.15) is 24.0 Å². The van der Waals surface area contributed by atoms with Crippen molar-refractivity contribution in [2.75, 3.05) is 25.7 Å². The maximum absolute atomic E-state index is 10.3. The Hall–Kier alpha value is -5.54. The third-order valence-corrected chi connectivity index (χ3v) is 10.3. The number of unbranched alkanes of at least 4 members (excludes halogenated alkanes) is 1. The minimum atomic E-state index is 0.583. The number of hydrogen-bond donors (Lipinski definition) is 0. The van der Waals surface area contributed by atoms with Gasteiger partial charge < -0.3 is 9.47 Å². The molecule has 2 heterocycles. The lowest BCUT2D eigenvalue weighted by molar-refractivity contribution is 0.415. The molecule has 6 rings (SSSR count). The molecule has 0 aliphatic carbocycles. The van der Waals surface area contributed by atoms with Crippen molar-refractivity contribution in [2.45, 2.75) is 22.9 Å². The van der Waals surface area contributed by atoms with Crippen LogP contribution < -0.4 is 9.47 Å². The molecule has 6 nitrogen and oxygen atoms in total. The van der Waals surface area contributed by atoms with Gasteiger partial charge in [-0.3, -0.25) is 0 Å². The molecule has 2 aromatic heterocycles. The first-order valence-electron chi connectivity index (χ1n) is 16.2. The molecule has 0 aliphatic rings. The highest BCUT2D eigenvalue weighted by molar-refractivity contribution is 7.99.